The van der Waals surface area contributed by atoms with Gasteiger partial charge in [-0.3, -0.25) is 0 Å². The Kier molecular flexibility index (Phi) is 5.23. The second-order valence-electron chi connectivity index (χ2n) is 5.94. The third-order valence-electron chi connectivity index (χ3n) is 4.62. The van der Waals surface area contributed by atoms with Crippen LogP contribution in [0.25, 0.3) is 0 Å². The van der Waals surface area contributed by atoms with Crippen molar-refractivity contribution in [2.24, 2.45) is 0 Å². The SMILES string of the molecule is F[N+]1(C2CCCCCCC2)CCCC[NH2+]CC1. The van der Waals surface area contributed by atoms with E-state index in [1.165, 1.54) is 45.1 Å². The van der Waals surface area contributed by atoms with Gasteiger partial charge in [0.15, 0.2) is 6.54 Å². The van der Waals surface area contributed by atoms with E-state index in [0.29, 0.717) is 6.04 Å². The van der Waals surface area contributed by atoms with E-state index in [1.54, 1.807) is 0 Å². The van der Waals surface area contributed by atoms with Crippen LogP contribution in [0.2, 0.25) is 0 Å². The molecule has 17 heavy (non-hydrogen) atoms. The first-order valence-corrected chi connectivity index (χ1v) is 7.69. The van der Waals surface area contributed by atoms with Crippen molar-refractivity contribution in [2.75, 3.05) is 26.2 Å². The summed E-state index contributed by atoms with van der Waals surface area (Å²) >= 11 is 0. The molecule has 2 aliphatic rings. The maximum atomic E-state index is 15.1. The molecule has 0 aromatic heterocycles. The van der Waals surface area contributed by atoms with Gasteiger partial charge < -0.3 is 5.32 Å². The van der Waals surface area contributed by atoms with E-state index in [1.807, 2.05) is 0 Å². The molecule has 0 amide bonds. The second-order valence-corrected chi connectivity index (χ2v) is 5.94. The summed E-state index contributed by atoms with van der Waals surface area (Å²) < 4.78 is 15.0. The van der Waals surface area contributed by atoms with E-state index in [0.717, 1.165) is 38.9 Å². The van der Waals surface area contributed by atoms with Crippen LogP contribution in [0.4, 0.5) is 4.48 Å². The van der Waals surface area contributed by atoms with Crippen molar-refractivity contribution in [3.63, 3.8) is 0 Å². The Hall–Kier alpha value is -0.150. The maximum absolute atomic E-state index is 15.1. The lowest BCUT2D eigenvalue weighted by molar-refractivity contribution is -1.08. The molecule has 2 nitrogen and oxygen atoms in total. The summed E-state index contributed by atoms with van der Waals surface area (Å²) in [6.07, 6.45) is 11.0. The number of halogens is 1. The highest BCUT2D eigenvalue weighted by Crippen LogP contribution is 2.28. The topological polar surface area (TPSA) is 16.6 Å². The quantitative estimate of drug-likeness (QED) is 0.681. The average molecular weight is 244 g/mol. The molecule has 0 aromatic carbocycles. The van der Waals surface area contributed by atoms with Crippen LogP contribution in [-0.4, -0.2) is 36.9 Å². The van der Waals surface area contributed by atoms with Crippen molar-refractivity contribution in [2.45, 2.75) is 63.8 Å². The van der Waals surface area contributed by atoms with Gasteiger partial charge in [0, 0.05) is 25.7 Å². The van der Waals surface area contributed by atoms with Crippen LogP contribution < -0.4 is 5.32 Å². The molecule has 1 saturated heterocycles. The van der Waals surface area contributed by atoms with Crippen LogP contribution in [0.3, 0.4) is 0 Å². The summed E-state index contributed by atoms with van der Waals surface area (Å²) in [5.74, 6) is 0. The van der Waals surface area contributed by atoms with Crippen LogP contribution in [0, 0.1) is 0 Å². The van der Waals surface area contributed by atoms with Crippen molar-refractivity contribution in [1.82, 2.24) is 0 Å². The molecule has 1 saturated carbocycles. The molecule has 2 rings (SSSR count). The first-order valence-electron chi connectivity index (χ1n) is 7.69. The van der Waals surface area contributed by atoms with E-state index in [-0.39, 0.29) is 4.71 Å². The molecular weight excluding hydrogens is 215 g/mol. The lowest BCUT2D eigenvalue weighted by atomic mass is 9.95. The molecule has 1 heterocycles. The van der Waals surface area contributed by atoms with Crippen LogP contribution in [-0.2, 0) is 0 Å². The number of quaternary nitrogens is 2. The molecule has 0 radical (unpaired) electrons. The summed E-state index contributed by atoms with van der Waals surface area (Å²) in [7, 11) is 0. The van der Waals surface area contributed by atoms with Crippen LogP contribution >= 0.6 is 0 Å². The molecule has 2 N–H and O–H groups in total. The molecule has 100 valence electrons. The lowest BCUT2D eigenvalue weighted by Gasteiger charge is -2.35. The van der Waals surface area contributed by atoms with Crippen LogP contribution in [0.5, 0.6) is 0 Å². The predicted octanol–water partition coefficient (Wildman–Crippen LogP) is 2.16. The molecule has 1 aliphatic heterocycles. The zero-order valence-electron chi connectivity index (χ0n) is 11.2. The lowest BCUT2D eigenvalue weighted by Crippen LogP contribution is -2.87. The van der Waals surface area contributed by atoms with E-state index >= 15 is 4.48 Å². The minimum atomic E-state index is -0.115. The van der Waals surface area contributed by atoms with Gasteiger partial charge in [0.2, 0.25) is 0 Å². The number of nitrogens with two attached hydrogens (primary N) is 1. The predicted molar refractivity (Wildman–Crippen MR) is 68.1 cm³/mol. The summed E-state index contributed by atoms with van der Waals surface area (Å²) in [6.45, 7) is 3.70. The molecular formula is C14H29FN2+2. The number of hydrogen-bond acceptors (Lipinski definition) is 0. The largest absolute Gasteiger partial charge is 0.341 e. The van der Waals surface area contributed by atoms with Gasteiger partial charge in [-0.25, -0.2) is 0 Å². The second kappa shape index (κ2) is 6.69. The number of nitrogens with zero attached hydrogens (tertiary/aromatic N) is 1. The first-order chi connectivity index (χ1) is 8.31. The Bertz CT molecular complexity index is 204. The van der Waals surface area contributed by atoms with Crippen molar-refractivity contribution < 1.29 is 14.5 Å². The Labute approximate surface area is 105 Å². The smallest absolute Gasteiger partial charge is 0.164 e. The minimum Gasteiger partial charge on any atom is -0.341 e. The zero-order chi connectivity index (χ0) is 12.0. The fourth-order valence-corrected chi connectivity index (χ4v) is 3.49. The summed E-state index contributed by atoms with van der Waals surface area (Å²) in [5.41, 5.74) is 0. The fourth-order valence-electron chi connectivity index (χ4n) is 3.49. The van der Waals surface area contributed by atoms with Crippen molar-refractivity contribution in [3.05, 3.63) is 0 Å². The molecule has 0 bridgehead atoms. The van der Waals surface area contributed by atoms with E-state index in [4.69, 9.17) is 0 Å². The van der Waals surface area contributed by atoms with Crippen LogP contribution in [0.1, 0.15) is 57.8 Å². The minimum absolute atomic E-state index is 0.115. The highest BCUT2D eigenvalue weighted by atomic mass is 19.2. The highest BCUT2D eigenvalue weighted by Gasteiger charge is 2.39. The third-order valence-corrected chi connectivity index (χ3v) is 4.62. The molecule has 1 aliphatic carbocycles. The van der Waals surface area contributed by atoms with Gasteiger partial charge in [0.1, 0.15) is 19.1 Å². The van der Waals surface area contributed by atoms with Gasteiger partial charge in [-0.05, 0) is 17.3 Å². The summed E-state index contributed by atoms with van der Waals surface area (Å²) in [6, 6.07) is 0.307. The van der Waals surface area contributed by atoms with Crippen LogP contribution in [0.15, 0.2) is 0 Å². The monoisotopic (exact) mass is 244 g/mol. The first kappa shape index (κ1) is 13.3. The van der Waals surface area contributed by atoms with Gasteiger partial charge in [0.25, 0.3) is 0 Å². The third kappa shape index (κ3) is 3.92. The summed E-state index contributed by atoms with van der Waals surface area (Å²) in [5, 5.41) is 2.30. The standard InChI is InChI=1S/C14H28FN2/c15-17(12-7-6-10-16-11-13-17)14-8-4-2-1-3-5-9-14/h14,16H,1-13H2/q+1/p+1. The Balaban J connectivity index is 1.94. The van der Waals surface area contributed by atoms with Gasteiger partial charge in [0.05, 0.1) is 6.54 Å². The Morgan fingerprint density at radius 2 is 1.47 bits per heavy atom. The van der Waals surface area contributed by atoms with Gasteiger partial charge in [-0.2, -0.15) is 0 Å². The average Bonchev–Trinajstić information content (AvgIpc) is 2.23. The Morgan fingerprint density at radius 3 is 2.24 bits per heavy atom. The zero-order valence-corrected chi connectivity index (χ0v) is 11.2. The highest BCUT2D eigenvalue weighted by molar-refractivity contribution is 4.64. The summed E-state index contributed by atoms with van der Waals surface area (Å²) in [4.78, 5) is 0. The number of hydrogen-bond donors (Lipinski definition) is 1. The van der Waals surface area contributed by atoms with Gasteiger partial charge in [-0.1, -0.05) is 19.3 Å². The fraction of sp³-hybridized carbons (Fsp3) is 1.00. The van der Waals surface area contributed by atoms with Crippen molar-refractivity contribution in [3.8, 4) is 0 Å². The maximum Gasteiger partial charge on any atom is 0.164 e. The Morgan fingerprint density at radius 1 is 0.765 bits per heavy atom. The molecule has 2 fully saturated rings. The number of rotatable bonds is 1. The van der Waals surface area contributed by atoms with Gasteiger partial charge >= 0.3 is 0 Å². The van der Waals surface area contributed by atoms with Crippen molar-refractivity contribution in [1.29, 1.82) is 0 Å². The molecule has 1 atom stereocenters. The molecule has 1 unspecified atom stereocenters. The van der Waals surface area contributed by atoms with Crippen molar-refractivity contribution >= 4 is 0 Å². The van der Waals surface area contributed by atoms with E-state index in [2.05, 4.69) is 5.32 Å². The van der Waals surface area contributed by atoms with E-state index < -0.39 is 0 Å². The van der Waals surface area contributed by atoms with E-state index in [9.17, 15) is 0 Å². The van der Waals surface area contributed by atoms with Gasteiger partial charge in [-0.15, -0.1) is 4.71 Å². The normalized spacial score (nSPS) is 34.4. The molecule has 0 spiro atoms. The molecule has 0 aromatic rings. The molecule has 3 heteroatoms.